The predicted molar refractivity (Wildman–Crippen MR) is 122 cm³/mol. The Kier molecular flexibility index (Phi) is 20.7. The highest BCUT2D eigenvalue weighted by Gasteiger charge is 2.59. The minimum Gasteiger partial charge on any atom is -0.382 e. The molecule has 0 unspecified atom stereocenters. The largest absolute Gasteiger partial charge is 0.673 e. The van der Waals surface area contributed by atoms with Gasteiger partial charge in [-0.1, -0.05) is 0 Å². The van der Waals surface area contributed by atoms with Gasteiger partial charge in [-0.2, -0.15) is 0 Å². The second-order valence-electron chi connectivity index (χ2n) is 6.34. The fraction of sp³-hybridized carbons (Fsp3) is 1.00. The highest BCUT2D eigenvalue weighted by molar-refractivity contribution is 6.68. The van der Waals surface area contributed by atoms with Gasteiger partial charge in [0, 0.05) is 66.1 Å². The quantitative estimate of drug-likeness (QED) is 0.150. The van der Waals surface area contributed by atoms with Gasteiger partial charge in [-0.3, -0.25) is 0 Å². The standard InChI is InChI=1S/C20H46O9Si2/c1-7-21-17-13-15-19-27-30(23-9-3,24-10-4)29-31(25-11-5,26-12-6)28-20-16-14-18-22-8-2/h7-20H2,1-6H3. The molecule has 0 bridgehead atoms. The van der Waals surface area contributed by atoms with Crippen LogP contribution in [0.15, 0.2) is 0 Å². The summed E-state index contributed by atoms with van der Waals surface area (Å²) in [6, 6.07) is 0. The van der Waals surface area contributed by atoms with Crippen LogP contribution in [-0.4, -0.2) is 84.2 Å². The zero-order valence-electron chi connectivity index (χ0n) is 20.6. The smallest absolute Gasteiger partial charge is 0.382 e. The second kappa shape index (κ2) is 20.7. The van der Waals surface area contributed by atoms with Gasteiger partial charge >= 0.3 is 18.1 Å². The van der Waals surface area contributed by atoms with Crippen molar-refractivity contribution in [3.63, 3.8) is 0 Å². The molecule has 0 aliphatic rings. The van der Waals surface area contributed by atoms with E-state index in [1.54, 1.807) is 0 Å². The van der Waals surface area contributed by atoms with Crippen molar-refractivity contribution in [2.24, 2.45) is 0 Å². The Morgan fingerprint density at radius 1 is 0.387 bits per heavy atom. The maximum Gasteiger partial charge on any atom is 0.673 e. The van der Waals surface area contributed by atoms with Gasteiger partial charge in [-0.15, -0.1) is 0 Å². The maximum atomic E-state index is 6.32. The van der Waals surface area contributed by atoms with Crippen LogP contribution in [0.1, 0.15) is 67.2 Å². The molecule has 0 N–H and O–H groups in total. The molecular weight excluding hydrogens is 440 g/mol. The molecule has 11 heteroatoms. The summed E-state index contributed by atoms with van der Waals surface area (Å²) < 4.78 is 53.0. The van der Waals surface area contributed by atoms with Crippen LogP contribution >= 0.6 is 0 Å². The van der Waals surface area contributed by atoms with Crippen molar-refractivity contribution in [3.8, 4) is 0 Å². The molecule has 0 saturated carbocycles. The Morgan fingerprint density at radius 3 is 1.00 bits per heavy atom. The number of hydrogen-bond donors (Lipinski definition) is 0. The van der Waals surface area contributed by atoms with Crippen molar-refractivity contribution in [1.82, 2.24) is 0 Å². The molecule has 0 saturated heterocycles. The molecule has 0 atom stereocenters. The van der Waals surface area contributed by atoms with Crippen molar-refractivity contribution in [3.05, 3.63) is 0 Å². The average molecular weight is 487 g/mol. The predicted octanol–water partition coefficient (Wildman–Crippen LogP) is 3.69. The molecule has 0 radical (unpaired) electrons. The summed E-state index contributed by atoms with van der Waals surface area (Å²) in [5, 5.41) is 0. The van der Waals surface area contributed by atoms with E-state index < -0.39 is 18.1 Å². The molecule has 0 aromatic heterocycles. The zero-order chi connectivity index (χ0) is 23.3. The van der Waals surface area contributed by atoms with Crippen molar-refractivity contribution in [2.45, 2.75) is 67.2 Å². The van der Waals surface area contributed by atoms with Gasteiger partial charge in [-0.05, 0) is 67.2 Å². The Morgan fingerprint density at radius 2 is 0.710 bits per heavy atom. The molecule has 0 aliphatic heterocycles. The van der Waals surface area contributed by atoms with Crippen LogP contribution in [0.3, 0.4) is 0 Å². The van der Waals surface area contributed by atoms with Crippen LogP contribution in [0.25, 0.3) is 0 Å². The molecular formula is C20H46O9Si2. The van der Waals surface area contributed by atoms with Crippen molar-refractivity contribution in [2.75, 3.05) is 66.1 Å². The lowest BCUT2D eigenvalue weighted by Crippen LogP contribution is -2.62. The summed E-state index contributed by atoms with van der Waals surface area (Å²) in [5.74, 6) is 0. The van der Waals surface area contributed by atoms with Gasteiger partial charge in [0.05, 0.1) is 0 Å². The summed E-state index contributed by atoms with van der Waals surface area (Å²) in [7, 11) is -7.07. The van der Waals surface area contributed by atoms with E-state index in [9.17, 15) is 0 Å². The Labute approximate surface area is 191 Å². The Hall–Kier alpha value is 0.0738. The lowest BCUT2D eigenvalue weighted by atomic mass is 10.3. The van der Waals surface area contributed by atoms with E-state index >= 15 is 0 Å². The first-order valence-corrected chi connectivity index (χ1v) is 15.0. The van der Waals surface area contributed by atoms with Crippen LogP contribution in [-0.2, 0) is 40.1 Å². The average Bonchev–Trinajstić information content (AvgIpc) is 2.74. The van der Waals surface area contributed by atoms with Gasteiger partial charge in [0.1, 0.15) is 0 Å². The highest BCUT2D eigenvalue weighted by Crippen LogP contribution is 2.23. The van der Waals surface area contributed by atoms with Gasteiger partial charge in [-0.25, -0.2) is 0 Å². The topological polar surface area (TPSA) is 83.1 Å². The monoisotopic (exact) mass is 486 g/mol. The summed E-state index contributed by atoms with van der Waals surface area (Å²) >= 11 is 0. The van der Waals surface area contributed by atoms with E-state index in [1.165, 1.54) is 0 Å². The van der Waals surface area contributed by atoms with Crippen LogP contribution in [0.2, 0.25) is 0 Å². The lowest BCUT2D eigenvalue weighted by Gasteiger charge is -2.35. The first-order valence-electron chi connectivity index (χ1n) is 11.8. The summed E-state index contributed by atoms with van der Waals surface area (Å²) in [5.41, 5.74) is 0. The highest BCUT2D eigenvalue weighted by atomic mass is 28.5. The van der Waals surface area contributed by atoms with E-state index in [-0.39, 0.29) is 0 Å². The van der Waals surface area contributed by atoms with E-state index in [2.05, 4.69) is 0 Å². The first kappa shape index (κ1) is 31.1. The Bertz CT molecular complexity index is 346. The molecule has 0 aromatic carbocycles. The molecule has 0 amide bonds. The third-order valence-corrected chi connectivity index (χ3v) is 9.55. The number of hydrogen-bond acceptors (Lipinski definition) is 9. The minimum atomic E-state index is -3.53. The van der Waals surface area contributed by atoms with Crippen LogP contribution in [0.5, 0.6) is 0 Å². The number of unbranched alkanes of at least 4 members (excludes halogenated alkanes) is 2. The van der Waals surface area contributed by atoms with Gasteiger partial charge in [0.15, 0.2) is 0 Å². The van der Waals surface area contributed by atoms with E-state index in [0.29, 0.717) is 66.1 Å². The zero-order valence-corrected chi connectivity index (χ0v) is 22.6. The van der Waals surface area contributed by atoms with E-state index in [4.69, 9.17) is 40.1 Å². The fourth-order valence-electron chi connectivity index (χ4n) is 2.58. The lowest BCUT2D eigenvalue weighted by molar-refractivity contribution is -0.0643. The summed E-state index contributed by atoms with van der Waals surface area (Å²) in [4.78, 5) is 0. The van der Waals surface area contributed by atoms with Gasteiger partial charge < -0.3 is 40.1 Å². The van der Waals surface area contributed by atoms with Crippen molar-refractivity contribution in [1.29, 1.82) is 0 Å². The first-order chi connectivity index (χ1) is 15.1. The minimum absolute atomic E-state index is 0.377. The molecule has 0 fully saturated rings. The third-order valence-electron chi connectivity index (χ3n) is 3.87. The Balaban J connectivity index is 5.19. The van der Waals surface area contributed by atoms with Crippen LogP contribution in [0, 0.1) is 0 Å². The normalized spacial score (nSPS) is 12.6. The fourth-order valence-corrected chi connectivity index (χ4v) is 7.92. The number of ether oxygens (including phenoxy) is 2. The van der Waals surface area contributed by atoms with E-state index in [1.807, 2.05) is 41.5 Å². The second-order valence-corrected chi connectivity index (χ2v) is 10.9. The maximum absolute atomic E-state index is 6.32. The molecule has 0 aromatic rings. The third kappa shape index (κ3) is 14.8. The molecule has 188 valence electrons. The van der Waals surface area contributed by atoms with E-state index in [0.717, 1.165) is 25.7 Å². The number of rotatable bonds is 24. The van der Waals surface area contributed by atoms with Crippen molar-refractivity contribution >= 4 is 18.1 Å². The molecule has 31 heavy (non-hydrogen) atoms. The van der Waals surface area contributed by atoms with Gasteiger partial charge in [0.25, 0.3) is 0 Å². The summed E-state index contributed by atoms with van der Waals surface area (Å²) in [6.45, 7) is 16.6. The molecule has 0 aliphatic carbocycles. The van der Waals surface area contributed by atoms with Crippen molar-refractivity contribution < 1.29 is 40.1 Å². The van der Waals surface area contributed by atoms with Crippen LogP contribution < -0.4 is 0 Å². The van der Waals surface area contributed by atoms with Crippen LogP contribution in [0.4, 0.5) is 0 Å². The molecule has 9 nitrogen and oxygen atoms in total. The molecule has 0 heterocycles. The SMILES string of the molecule is CCOCCCCO[Si](OCC)(OCC)O[Si](OCC)(OCC)OCCCCOCC. The molecule has 0 rings (SSSR count). The van der Waals surface area contributed by atoms with Gasteiger partial charge in [0.2, 0.25) is 0 Å². The molecule has 0 spiro atoms. The summed E-state index contributed by atoms with van der Waals surface area (Å²) in [6.07, 6.45) is 3.36.